The molecule has 2 aromatic carbocycles. The number of nitrogens with two attached hydrogens (primary N) is 1. The summed E-state index contributed by atoms with van der Waals surface area (Å²) in [6.45, 7) is 2.32. The number of benzene rings is 2. The van der Waals surface area contributed by atoms with Crippen LogP contribution in [0.5, 0.6) is 0 Å². The molecule has 1 spiro atoms. The van der Waals surface area contributed by atoms with Crippen molar-refractivity contribution in [3.05, 3.63) is 105 Å². The molecule has 2 aliphatic carbocycles. The molecule has 2 fully saturated rings. The maximum atomic E-state index is 13.5. The summed E-state index contributed by atoms with van der Waals surface area (Å²) in [5.41, 5.74) is 12.7. The minimum atomic E-state index is -0.273. The van der Waals surface area contributed by atoms with E-state index in [1.807, 2.05) is 29.1 Å². The van der Waals surface area contributed by atoms with E-state index in [2.05, 4.69) is 67.8 Å². The van der Waals surface area contributed by atoms with Crippen LogP contribution in [0, 0.1) is 5.41 Å². The molecule has 3 aromatic heterocycles. The number of H-pyrrole nitrogens is 2. The number of anilines is 1. The molecule has 0 amide bonds. The van der Waals surface area contributed by atoms with Crippen LogP contribution >= 0.6 is 0 Å². The van der Waals surface area contributed by atoms with Crippen molar-refractivity contribution in [2.75, 3.05) is 18.0 Å². The third kappa shape index (κ3) is 3.57. The zero-order valence-electron chi connectivity index (χ0n) is 22.3. The zero-order valence-corrected chi connectivity index (χ0v) is 22.3. The predicted molar refractivity (Wildman–Crippen MR) is 153 cm³/mol. The lowest BCUT2D eigenvalue weighted by molar-refractivity contribution is 0.187. The van der Waals surface area contributed by atoms with Crippen LogP contribution in [-0.4, -0.2) is 43.0 Å². The molecule has 9 nitrogen and oxygen atoms in total. The van der Waals surface area contributed by atoms with E-state index >= 15 is 0 Å². The number of nitrogens with one attached hydrogen (secondary N) is 2. The smallest absolute Gasteiger partial charge is 0.263 e. The van der Waals surface area contributed by atoms with Gasteiger partial charge in [-0.15, -0.1) is 0 Å². The van der Waals surface area contributed by atoms with Gasteiger partial charge in [0.1, 0.15) is 5.39 Å². The Kier molecular flexibility index (Phi) is 5.10. The SMILES string of the molecule is N[C@@H]1c2ccccc2CC12CCN(c1nc3n[nH]c(C4(c5cnn(Cc6ccccc6)c5)CC4)c3c(=O)[nH]1)CC2. The van der Waals surface area contributed by atoms with E-state index < -0.39 is 0 Å². The van der Waals surface area contributed by atoms with Gasteiger partial charge in [-0.2, -0.15) is 15.2 Å². The Labute approximate surface area is 231 Å². The summed E-state index contributed by atoms with van der Waals surface area (Å²) >= 11 is 0. The van der Waals surface area contributed by atoms with Crippen LogP contribution in [0.15, 0.2) is 71.8 Å². The molecule has 0 unspecified atom stereocenters. The van der Waals surface area contributed by atoms with Crippen molar-refractivity contribution in [3.8, 4) is 0 Å². The second kappa shape index (κ2) is 8.63. The van der Waals surface area contributed by atoms with Crippen LogP contribution in [0.25, 0.3) is 11.0 Å². The van der Waals surface area contributed by atoms with E-state index in [0.717, 1.165) is 56.5 Å². The highest BCUT2D eigenvalue weighted by atomic mass is 16.1. The first kappa shape index (κ1) is 23.6. The van der Waals surface area contributed by atoms with Crippen LogP contribution in [0.1, 0.15) is 59.7 Å². The van der Waals surface area contributed by atoms with Crippen molar-refractivity contribution in [1.29, 1.82) is 0 Å². The number of fused-ring (bicyclic) bond motifs is 2. The van der Waals surface area contributed by atoms with Crippen molar-refractivity contribution >= 4 is 17.0 Å². The molecule has 1 saturated heterocycles. The van der Waals surface area contributed by atoms with E-state index in [-0.39, 0.29) is 22.4 Å². The van der Waals surface area contributed by atoms with Crippen molar-refractivity contribution in [2.24, 2.45) is 11.1 Å². The zero-order chi connectivity index (χ0) is 26.9. The second-order valence-electron chi connectivity index (χ2n) is 11.9. The van der Waals surface area contributed by atoms with Crippen molar-refractivity contribution in [1.82, 2.24) is 29.9 Å². The highest BCUT2D eigenvalue weighted by molar-refractivity contribution is 5.80. The lowest BCUT2D eigenvalue weighted by Crippen LogP contribution is -2.45. The third-order valence-corrected chi connectivity index (χ3v) is 9.66. The molecule has 0 radical (unpaired) electrons. The first-order valence-electron chi connectivity index (χ1n) is 14.2. The fourth-order valence-electron chi connectivity index (χ4n) is 7.16. The molecular weight excluding hydrogens is 500 g/mol. The molecule has 202 valence electrons. The molecular formula is C31H32N8O. The largest absolute Gasteiger partial charge is 0.342 e. The van der Waals surface area contributed by atoms with Gasteiger partial charge in [0.15, 0.2) is 5.65 Å². The summed E-state index contributed by atoms with van der Waals surface area (Å²) < 4.78 is 1.96. The Hall–Kier alpha value is -4.24. The van der Waals surface area contributed by atoms with Gasteiger partial charge in [-0.05, 0) is 54.2 Å². The lowest BCUT2D eigenvalue weighted by Gasteiger charge is -2.42. The number of aromatic amines is 2. The topological polar surface area (TPSA) is 122 Å². The maximum Gasteiger partial charge on any atom is 0.263 e. The highest BCUT2D eigenvalue weighted by Gasteiger charge is 2.50. The average Bonchev–Trinajstić information content (AvgIpc) is 3.30. The fourth-order valence-corrected chi connectivity index (χ4v) is 7.16. The first-order chi connectivity index (χ1) is 19.5. The summed E-state index contributed by atoms with van der Waals surface area (Å²) in [5.74, 6) is 0.593. The predicted octanol–water partition coefficient (Wildman–Crippen LogP) is 3.81. The Morgan fingerprint density at radius 1 is 1.00 bits per heavy atom. The third-order valence-electron chi connectivity index (χ3n) is 9.66. The van der Waals surface area contributed by atoms with Crippen LogP contribution in [0.2, 0.25) is 0 Å². The Bertz CT molecular complexity index is 1770. The van der Waals surface area contributed by atoms with Crippen LogP contribution in [0.4, 0.5) is 5.95 Å². The molecule has 1 atom stereocenters. The number of nitrogens with zero attached hydrogens (tertiary/aromatic N) is 5. The van der Waals surface area contributed by atoms with E-state index in [4.69, 9.17) is 10.7 Å². The van der Waals surface area contributed by atoms with E-state index in [1.54, 1.807) is 0 Å². The molecule has 1 saturated carbocycles. The summed E-state index contributed by atoms with van der Waals surface area (Å²) in [4.78, 5) is 23.6. The van der Waals surface area contributed by atoms with Crippen molar-refractivity contribution in [3.63, 3.8) is 0 Å². The Balaban J connectivity index is 1.04. The minimum Gasteiger partial charge on any atom is -0.342 e. The number of hydrogen-bond donors (Lipinski definition) is 3. The van der Waals surface area contributed by atoms with Crippen LogP contribution < -0.4 is 16.2 Å². The molecule has 1 aliphatic heterocycles. The van der Waals surface area contributed by atoms with Gasteiger partial charge >= 0.3 is 0 Å². The van der Waals surface area contributed by atoms with E-state index in [0.29, 0.717) is 23.5 Å². The molecule has 4 N–H and O–H groups in total. The summed E-state index contributed by atoms with van der Waals surface area (Å²) in [6, 6.07) is 18.9. The van der Waals surface area contributed by atoms with Crippen LogP contribution in [0.3, 0.4) is 0 Å². The number of piperidine rings is 1. The van der Waals surface area contributed by atoms with Gasteiger partial charge in [0, 0.05) is 36.3 Å². The maximum absolute atomic E-state index is 13.5. The van der Waals surface area contributed by atoms with Crippen LogP contribution in [-0.2, 0) is 18.4 Å². The minimum absolute atomic E-state index is 0.0565. The van der Waals surface area contributed by atoms with Gasteiger partial charge in [0.2, 0.25) is 5.95 Å². The summed E-state index contributed by atoms with van der Waals surface area (Å²) in [7, 11) is 0. The van der Waals surface area contributed by atoms with Crippen molar-refractivity contribution in [2.45, 2.75) is 50.1 Å². The number of hydrogen-bond acceptors (Lipinski definition) is 6. The lowest BCUT2D eigenvalue weighted by atomic mass is 9.73. The Morgan fingerprint density at radius 2 is 1.77 bits per heavy atom. The number of rotatable bonds is 5. The van der Waals surface area contributed by atoms with Gasteiger partial charge in [-0.3, -0.25) is 19.6 Å². The van der Waals surface area contributed by atoms with Gasteiger partial charge in [0.05, 0.1) is 18.4 Å². The first-order valence-corrected chi connectivity index (χ1v) is 14.2. The van der Waals surface area contributed by atoms with Crippen molar-refractivity contribution < 1.29 is 0 Å². The molecule has 3 aliphatic rings. The summed E-state index contributed by atoms with van der Waals surface area (Å²) in [5, 5.41) is 12.9. The quantitative estimate of drug-likeness (QED) is 0.317. The monoisotopic (exact) mass is 532 g/mol. The molecule has 4 heterocycles. The fraction of sp³-hybridized carbons (Fsp3) is 0.355. The standard InChI is InChI=1S/C31H32N8O/c32-25-23-9-5-4-8-21(23)16-30(25)12-14-38(15-13-30)29-34-27-24(28(40)35-29)26(36-37-27)31(10-11-31)22-17-33-39(19-22)18-20-6-2-1-3-7-20/h1-9,17,19,25H,10-16,18,32H2,(H2,34,35,36,37,40)/t25-/m1/s1. The molecule has 9 heteroatoms. The normalized spacial score (nSPS) is 20.7. The van der Waals surface area contributed by atoms with E-state index in [9.17, 15) is 4.79 Å². The van der Waals surface area contributed by atoms with Gasteiger partial charge in [-0.1, -0.05) is 54.6 Å². The molecule has 5 aromatic rings. The van der Waals surface area contributed by atoms with Gasteiger partial charge < -0.3 is 10.6 Å². The molecule has 40 heavy (non-hydrogen) atoms. The average molecular weight is 533 g/mol. The Morgan fingerprint density at radius 3 is 2.55 bits per heavy atom. The molecule has 8 rings (SSSR count). The molecule has 0 bridgehead atoms. The van der Waals surface area contributed by atoms with Gasteiger partial charge in [0.25, 0.3) is 5.56 Å². The summed E-state index contributed by atoms with van der Waals surface area (Å²) in [6.07, 6.45) is 8.86. The second-order valence-corrected chi connectivity index (χ2v) is 11.9. The van der Waals surface area contributed by atoms with E-state index in [1.165, 1.54) is 16.7 Å². The highest BCUT2D eigenvalue weighted by Crippen LogP contribution is 2.54. The van der Waals surface area contributed by atoms with Gasteiger partial charge in [-0.25, -0.2) is 0 Å². The number of aromatic nitrogens is 6.